The molecular formula is C19H19N3O. The molecule has 0 aliphatic rings. The van der Waals surface area contributed by atoms with Crippen molar-refractivity contribution < 1.29 is 4.42 Å². The number of rotatable bonds is 5. The van der Waals surface area contributed by atoms with Gasteiger partial charge in [0.2, 0.25) is 0 Å². The van der Waals surface area contributed by atoms with Crippen LogP contribution in [0.2, 0.25) is 0 Å². The first-order valence-corrected chi connectivity index (χ1v) is 8.02. The molecule has 116 valence electrons. The van der Waals surface area contributed by atoms with Gasteiger partial charge in [0, 0.05) is 17.3 Å². The minimum atomic E-state index is 0.721. The molecule has 2 aromatic carbocycles. The predicted molar refractivity (Wildman–Crippen MR) is 95.8 cm³/mol. The number of fused-ring (bicyclic) bond motifs is 4. The largest absolute Gasteiger partial charge is 0.452 e. The number of anilines is 1. The zero-order valence-corrected chi connectivity index (χ0v) is 12.9. The van der Waals surface area contributed by atoms with Crippen molar-refractivity contribution in [3.05, 3.63) is 48.5 Å². The van der Waals surface area contributed by atoms with Crippen LogP contribution in [0.4, 0.5) is 5.69 Å². The Labute approximate surface area is 134 Å². The van der Waals surface area contributed by atoms with Gasteiger partial charge in [-0.15, -0.1) is 0 Å². The summed E-state index contributed by atoms with van der Waals surface area (Å²) in [7, 11) is 0. The maximum Gasteiger partial charge on any atom is 0.177 e. The van der Waals surface area contributed by atoms with Crippen LogP contribution < -0.4 is 11.1 Å². The van der Waals surface area contributed by atoms with E-state index in [1.807, 2.05) is 36.4 Å². The van der Waals surface area contributed by atoms with E-state index < -0.39 is 0 Å². The molecule has 0 bridgehead atoms. The third-order valence-corrected chi connectivity index (χ3v) is 4.13. The van der Waals surface area contributed by atoms with Crippen LogP contribution in [-0.2, 0) is 0 Å². The molecule has 23 heavy (non-hydrogen) atoms. The van der Waals surface area contributed by atoms with E-state index >= 15 is 0 Å². The van der Waals surface area contributed by atoms with E-state index in [1.165, 1.54) is 0 Å². The molecule has 0 saturated heterocycles. The third kappa shape index (κ3) is 2.41. The Morgan fingerprint density at radius 3 is 2.61 bits per heavy atom. The molecule has 0 saturated carbocycles. The Balaban J connectivity index is 1.93. The molecule has 4 heteroatoms. The molecule has 0 aliphatic carbocycles. The first-order valence-electron chi connectivity index (χ1n) is 8.02. The van der Waals surface area contributed by atoms with Gasteiger partial charge in [-0.2, -0.15) is 0 Å². The molecule has 0 amide bonds. The summed E-state index contributed by atoms with van der Waals surface area (Å²) in [4.78, 5) is 4.82. The number of nitrogens with zero attached hydrogens (tertiary/aromatic N) is 1. The van der Waals surface area contributed by atoms with E-state index in [-0.39, 0.29) is 0 Å². The van der Waals surface area contributed by atoms with Gasteiger partial charge in [-0.25, -0.2) is 4.98 Å². The zero-order chi connectivity index (χ0) is 15.6. The van der Waals surface area contributed by atoms with Gasteiger partial charge in [0.25, 0.3) is 0 Å². The van der Waals surface area contributed by atoms with Crippen molar-refractivity contribution in [1.29, 1.82) is 0 Å². The Morgan fingerprint density at radius 1 is 0.957 bits per heavy atom. The average molecular weight is 305 g/mol. The van der Waals surface area contributed by atoms with Gasteiger partial charge in [0.05, 0.1) is 11.2 Å². The van der Waals surface area contributed by atoms with E-state index in [0.717, 1.165) is 64.6 Å². The van der Waals surface area contributed by atoms with Crippen LogP contribution in [0.15, 0.2) is 52.9 Å². The SMILES string of the molecule is NCCCCNc1c2ccccc2nc2c1oc1ccccc12. The molecule has 0 radical (unpaired) electrons. The molecule has 0 unspecified atom stereocenters. The van der Waals surface area contributed by atoms with Gasteiger partial charge in [0.1, 0.15) is 11.1 Å². The maximum atomic E-state index is 6.10. The number of nitrogens with two attached hydrogens (primary N) is 1. The van der Waals surface area contributed by atoms with Crippen LogP contribution in [-0.4, -0.2) is 18.1 Å². The van der Waals surface area contributed by atoms with Crippen LogP contribution >= 0.6 is 0 Å². The first kappa shape index (κ1) is 14.0. The van der Waals surface area contributed by atoms with E-state index in [9.17, 15) is 0 Å². The number of nitrogens with one attached hydrogen (secondary N) is 1. The van der Waals surface area contributed by atoms with Crippen LogP contribution in [0.25, 0.3) is 33.0 Å². The number of furan rings is 1. The summed E-state index contributed by atoms with van der Waals surface area (Å²) in [6.07, 6.45) is 2.05. The predicted octanol–water partition coefficient (Wildman–Crippen LogP) is 4.29. The minimum Gasteiger partial charge on any atom is -0.452 e. The van der Waals surface area contributed by atoms with Crippen LogP contribution in [0.3, 0.4) is 0 Å². The monoisotopic (exact) mass is 305 g/mol. The first-order chi connectivity index (χ1) is 11.4. The standard InChI is InChI=1S/C19H19N3O/c20-11-5-6-12-21-17-13-7-1-3-9-15(13)22-18-14-8-2-4-10-16(14)23-19(17)18/h1-4,7-10H,5-6,11-12,20H2,(H,21,22). The molecule has 0 fully saturated rings. The minimum absolute atomic E-state index is 0.721. The summed E-state index contributed by atoms with van der Waals surface area (Å²) in [5.74, 6) is 0. The Kier molecular flexibility index (Phi) is 3.60. The fraction of sp³-hybridized carbons (Fsp3) is 0.211. The summed E-state index contributed by atoms with van der Waals surface area (Å²) in [5, 5.41) is 5.68. The summed E-state index contributed by atoms with van der Waals surface area (Å²) in [6, 6.07) is 16.2. The normalized spacial score (nSPS) is 11.5. The lowest BCUT2D eigenvalue weighted by Crippen LogP contribution is -2.06. The highest BCUT2D eigenvalue weighted by molar-refractivity contribution is 6.13. The van der Waals surface area contributed by atoms with Crippen molar-refractivity contribution in [2.45, 2.75) is 12.8 Å². The Bertz CT molecular complexity index is 974. The summed E-state index contributed by atoms with van der Waals surface area (Å²) >= 11 is 0. The molecule has 4 nitrogen and oxygen atoms in total. The number of para-hydroxylation sites is 2. The number of unbranched alkanes of at least 4 members (excludes halogenated alkanes) is 1. The fourth-order valence-electron chi connectivity index (χ4n) is 3.00. The lowest BCUT2D eigenvalue weighted by atomic mass is 10.1. The molecular weight excluding hydrogens is 286 g/mol. The average Bonchev–Trinajstić information content (AvgIpc) is 2.96. The van der Waals surface area contributed by atoms with Gasteiger partial charge in [-0.05, 0) is 37.6 Å². The molecule has 0 spiro atoms. The van der Waals surface area contributed by atoms with Gasteiger partial charge in [0.15, 0.2) is 5.58 Å². The topological polar surface area (TPSA) is 64.1 Å². The lowest BCUT2D eigenvalue weighted by molar-refractivity contribution is 0.669. The summed E-state index contributed by atoms with van der Waals surface area (Å²) < 4.78 is 6.10. The molecule has 0 aliphatic heterocycles. The van der Waals surface area contributed by atoms with Crippen molar-refractivity contribution >= 4 is 38.7 Å². The van der Waals surface area contributed by atoms with Crippen LogP contribution in [0, 0.1) is 0 Å². The highest BCUT2D eigenvalue weighted by Crippen LogP contribution is 2.36. The second-order valence-corrected chi connectivity index (χ2v) is 5.70. The molecule has 2 heterocycles. The molecule has 0 atom stereocenters. The van der Waals surface area contributed by atoms with Crippen molar-refractivity contribution in [3.8, 4) is 0 Å². The van der Waals surface area contributed by atoms with Gasteiger partial charge < -0.3 is 15.5 Å². The van der Waals surface area contributed by atoms with E-state index in [1.54, 1.807) is 0 Å². The Morgan fingerprint density at radius 2 is 1.74 bits per heavy atom. The number of aromatic nitrogens is 1. The highest BCUT2D eigenvalue weighted by Gasteiger charge is 2.15. The summed E-state index contributed by atoms with van der Waals surface area (Å²) in [5.41, 5.74) is 10.2. The van der Waals surface area contributed by atoms with E-state index in [2.05, 4.69) is 17.4 Å². The second-order valence-electron chi connectivity index (χ2n) is 5.70. The smallest absolute Gasteiger partial charge is 0.177 e. The van der Waals surface area contributed by atoms with Crippen molar-refractivity contribution in [2.75, 3.05) is 18.4 Å². The van der Waals surface area contributed by atoms with Crippen LogP contribution in [0.5, 0.6) is 0 Å². The molecule has 3 N–H and O–H groups in total. The number of pyridine rings is 1. The van der Waals surface area contributed by atoms with Gasteiger partial charge >= 0.3 is 0 Å². The summed E-state index contributed by atoms with van der Waals surface area (Å²) in [6.45, 7) is 1.59. The number of benzene rings is 2. The van der Waals surface area contributed by atoms with Crippen molar-refractivity contribution in [2.24, 2.45) is 5.73 Å². The van der Waals surface area contributed by atoms with Gasteiger partial charge in [-0.1, -0.05) is 30.3 Å². The third-order valence-electron chi connectivity index (χ3n) is 4.13. The fourth-order valence-corrected chi connectivity index (χ4v) is 3.00. The number of hydrogen-bond acceptors (Lipinski definition) is 4. The zero-order valence-electron chi connectivity index (χ0n) is 12.9. The van der Waals surface area contributed by atoms with Crippen molar-refractivity contribution in [1.82, 2.24) is 4.98 Å². The van der Waals surface area contributed by atoms with Crippen molar-refractivity contribution in [3.63, 3.8) is 0 Å². The molecule has 4 rings (SSSR count). The molecule has 2 aromatic heterocycles. The van der Waals surface area contributed by atoms with Crippen LogP contribution in [0.1, 0.15) is 12.8 Å². The second kappa shape index (κ2) is 5.89. The van der Waals surface area contributed by atoms with E-state index in [4.69, 9.17) is 15.1 Å². The molecule has 4 aromatic rings. The lowest BCUT2D eigenvalue weighted by Gasteiger charge is -2.10. The highest BCUT2D eigenvalue weighted by atomic mass is 16.3. The van der Waals surface area contributed by atoms with Gasteiger partial charge in [-0.3, -0.25) is 0 Å². The number of hydrogen-bond donors (Lipinski definition) is 2. The maximum absolute atomic E-state index is 6.10. The Hall–Kier alpha value is -2.59. The quantitative estimate of drug-likeness (QED) is 0.540. The van der Waals surface area contributed by atoms with E-state index in [0.29, 0.717) is 0 Å².